The minimum Gasteiger partial charge on any atom is -0.233 e. The van der Waals surface area contributed by atoms with Crippen LogP contribution < -0.4 is 0 Å². The van der Waals surface area contributed by atoms with Gasteiger partial charge in [-0.05, 0) is 37.6 Å². The number of rotatable bonds is 1. The van der Waals surface area contributed by atoms with Gasteiger partial charge in [-0.2, -0.15) is 0 Å². The molecule has 0 N–H and O–H groups in total. The van der Waals surface area contributed by atoms with E-state index in [4.69, 9.17) is 11.6 Å². The van der Waals surface area contributed by atoms with Crippen molar-refractivity contribution >= 4 is 27.5 Å². The smallest absolute Gasteiger partial charge is 0.162 e. The molecule has 16 heavy (non-hydrogen) atoms. The van der Waals surface area contributed by atoms with E-state index in [1.165, 1.54) is 5.56 Å². The van der Waals surface area contributed by atoms with Crippen LogP contribution in [0.4, 0.5) is 0 Å². The highest BCUT2D eigenvalue weighted by Crippen LogP contribution is 2.27. The third kappa shape index (κ3) is 2.42. The van der Waals surface area contributed by atoms with E-state index in [9.17, 15) is 0 Å². The highest BCUT2D eigenvalue weighted by atomic mass is 79.9. The number of halogens is 2. The van der Waals surface area contributed by atoms with E-state index in [0.29, 0.717) is 11.0 Å². The number of hydrogen-bond donors (Lipinski definition) is 0. The molecule has 0 radical (unpaired) electrons. The molecule has 0 saturated carbocycles. The Morgan fingerprint density at radius 2 is 1.88 bits per heavy atom. The van der Waals surface area contributed by atoms with Gasteiger partial charge >= 0.3 is 0 Å². The number of hydrogen-bond acceptors (Lipinski definition) is 2. The van der Waals surface area contributed by atoms with Gasteiger partial charge in [0.15, 0.2) is 5.82 Å². The van der Waals surface area contributed by atoms with Crippen molar-refractivity contribution in [3.8, 4) is 11.4 Å². The standard InChI is InChI=1S/C12H10BrClN2/c1-7-3-4-9(10(13)5-7)12-15-8(2)6-11(14)16-12/h3-6H,1-2H3. The Labute approximate surface area is 108 Å². The molecule has 2 rings (SSSR count). The van der Waals surface area contributed by atoms with Crippen LogP contribution in [0, 0.1) is 13.8 Å². The van der Waals surface area contributed by atoms with Gasteiger partial charge < -0.3 is 0 Å². The average molecular weight is 298 g/mol. The van der Waals surface area contributed by atoms with Gasteiger partial charge in [0, 0.05) is 15.7 Å². The Bertz CT molecular complexity index is 520. The molecule has 0 aliphatic carbocycles. The van der Waals surface area contributed by atoms with E-state index in [2.05, 4.69) is 25.9 Å². The molecule has 4 heteroatoms. The van der Waals surface area contributed by atoms with Crippen molar-refractivity contribution < 1.29 is 0 Å². The SMILES string of the molecule is Cc1ccc(-c2nc(C)cc(Cl)n2)c(Br)c1. The fourth-order valence-corrected chi connectivity index (χ4v) is 2.36. The normalized spacial score (nSPS) is 10.5. The lowest BCUT2D eigenvalue weighted by atomic mass is 10.1. The molecule has 0 amide bonds. The highest BCUT2D eigenvalue weighted by Gasteiger charge is 2.07. The summed E-state index contributed by atoms with van der Waals surface area (Å²) in [5, 5.41) is 0.468. The lowest BCUT2D eigenvalue weighted by Crippen LogP contribution is -1.93. The van der Waals surface area contributed by atoms with Gasteiger partial charge in [0.1, 0.15) is 5.15 Å². The van der Waals surface area contributed by atoms with Crippen LogP contribution in [0.5, 0.6) is 0 Å². The fourth-order valence-electron chi connectivity index (χ4n) is 1.45. The molecule has 1 heterocycles. The van der Waals surface area contributed by atoms with Crippen LogP contribution in [0.2, 0.25) is 5.15 Å². The Balaban J connectivity index is 2.58. The van der Waals surface area contributed by atoms with Crippen molar-refractivity contribution in [2.24, 2.45) is 0 Å². The minimum atomic E-state index is 0.468. The summed E-state index contributed by atoms with van der Waals surface area (Å²) in [5.41, 5.74) is 3.01. The summed E-state index contributed by atoms with van der Waals surface area (Å²) in [5.74, 6) is 0.650. The Kier molecular flexibility index (Phi) is 3.26. The van der Waals surface area contributed by atoms with E-state index < -0.39 is 0 Å². The van der Waals surface area contributed by atoms with Gasteiger partial charge in [0.05, 0.1) is 0 Å². The zero-order valence-corrected chi connectivity index (χ0v) is 11.3. The molecular formula is C12H10BrClN2. The summed E-state index contributed by atoms with van der Waals surface area (Å²) in [4.78, 5) is 8.59. The summed E-state index contributed by atoms with van der Waals surface area (Å²) in [6, 6.07) is 7.80. The molecule has 0 aliphatic rings. The lowest BCUT2D eigenvalue weighted by Gasteiger charge is -2.05. The van der Waals surface area contributed by atoms with Gasteiger partial charge in [-0.15, -0.1) is 0 Å². The summed E-state index contributed by atoms with van der Waals surface area (Å²) < 4.78 is 0.981. The fraction of sp³-hybridized carbons (Fsp3) is 0.167. The Morgan fingerprint density at radius 3 is 2.50 bits per heavy atom. The molecule has 0 fully saturated rings. The molecule has 0 spiro atoms. The predicted octanol–water partition coefficient (Wildman–Crippen LogP) is 4.18. The third-order valence-electron chi connectivity index (χ3n) is 2.19. The van der Waals surface area contributed by atoms with Crippen molar-refractivity contribution in [2.75, 3.05) is 0 Å². The monoisotopic (exact) mass is 296 g/mol. The molecule has 2 aromatic rings. The van der Waals surface area contributed by atoms with Crippen molar-refractivity contribution in [1.82, 2.24) is 9.97 Å². The van der Waals surface area contributed by atoms with Gasteiger partial charge in [-0.25, -0.2) is 9.97 Å². The van der Waals surface area contributed by atoms with E-state index in [-0.39, 0.29) is 0 Å². The summed E-state index contributed by atoms with van der Waals surface area (Å²) in [6.45, 7) is 3.94. The average Bonchev–Trinajstić information content (AvgIpc) is 2.15. The summed E-state index contributed by atoms with van der Waals surface area (Å²) in [7, 11) is 0. The van der Waals surface area contributed by atoms with Crippen LogP contribution in [-0.4, -0.2) is 9.97 Å². The van der Waals surface area contributed by atoms with Gasteiger partial charge in [0.25, 0.3) is 0 Å². The molecule has 82 valence electrons. The second-order valence-electron chi connectivity index (χ2n) is 3.64. The number of benzene rings is 1. The summed E-state index contributed by atoms with van der Waals surface area (Å²) >= 11 is 9.43. The largest absolute Gasteiger partial charge is 0.233 e. The maximum absolute atomic E-state index is 5.92. The maximum atomic E-state index is 5.92. The van der Waals surface area contributed by atoms with Crippen molar-refractivity contribution in [3.05, 3.63) is 45.1 Å². The van der Waals surface area contributed by atoms with Crippen LogP contribution in [0.15, 0.2) is 28.7 Å². The van der Waals surface area contributed by atoms with E-state index in [0.717, 1.165) is 15.7 Å². The number of aryl methyl sites for hydroxylation is 2. The van der Waals surface area contributed by atoms with Gasteiger partial charge in [-0.1, -0.05) is 33.6 Å². The highest BCUT2D eigenvalue weighted by molar-refractivity contribution is 9.10. The molecule has 0 saturated heterocycles. The Hall–Kier alpha value is -0.930. The predicted molar refractivity (Wildman–Crippen MR) is 69.7 cm³/mol. The number of nitrogens with zero attached hydrogens (tertiary/aromatic N) is 2. The quantitative estimate of drug-likeness (QED) is 0.738. The third-order valence-corrected chi connectivity index (χ3v) is 3.04. The van der Waals surface area contributed by atoms with E-state index in [1.54, 1.807) is 6.07 Å². The summed E-state index contributed by atoms with van der Waals surface area (Å²) in [6.07, 6.45) is 0. The van der Waals surface area contributed by atoms with Crippen LogP contribution in [-0.2, 0) is 0 Å². The van der Waals surface area contributed by atoms with Crippen LogP contribution in [0.1, 0.15) is 11.3 Å². The molecular weight excluding hydrogens is 288 g/mol. The van der Waals surface area contributed by atoms with Crippen LogP contribution in [0.25, 0.3) is 11.4 Å². The second kappa shape index (κ2) is 4.52. The topological polar surface area (TPSA) is 25.8 Å². The van der Waals surface area contributed by atoms with Crippen LogP contribution >= 0.6 is 27.5 Å². The molecule has 0 bridgehead atoms. The first-order valence-electron chi connectivity index (χ1n) is 4.84. The first-order valence-corrected chi connectivity index (χ1v) is 6.01. The molecule has 1 aromatic heterocycles. The number of aromatic nitrogens is 2. The second-order valence-corrected chi connectivity index (χ2v) is 4.88. The van der Waals surface area contributed by atoms with Gasteiger partial charge in [0.2, 0.25) is 0 Å². The van der Waals surface area contributed by atoms with Crippen molar-refractivity contribution in [3.63, 3.8) is 0 Å². The van der Waals surface area contributed by atoms with E-state index in [1.807, 2.05) is 32.0 Å². The Morgan fingerprint density at radius 1 is 1.12 bits per heavy atom. The first kappa shape index (κ1) is 11.6. The molecule has 1 aromatic carbocycles. The maximum Gasteiger partial charge on any atom is 0.162 e. The van der Waals surface area contributed by atoms with Crippen molar-refractivity contribution in [1.29, 1.82) is 0 Å². The lowest BCUT2D eigenvalue weighted by molar-refractivity contribution is 1.11. The zero-order chi connectivity index (χ0) is 11.7. The zero-order valence-electron chi connectivity index (χ0n) is 8.96. The van der Waals surface area contributed by atoms with Crippen LogP contribution in [0.3, 0.4) is 0 Å². The first-order chi connectivity index (χ1) is 7.56. The molecule has 0 atom stereocenters. The molecule has 0 aliphatic heterocycles. The molecule has 0 unspecified atom stereocenters. The minimum absolute atomic E-state index is 0.468. The molecule has 2 nitrogen and oxygen atoms in total. The van der Waals surface area contributed by atoms with Crippen molar-refractivity contribution in [2.45, 2.75) is 13.8 Å². The van der Waals surface area contributed by atoms with Gasteiger partial charge in [-0.3, -0.25) is 0 Å². The van der Waals surface area contributed by atoms with E-state index >= 15 is 0 Å².